The van der Waals surface area contributed by atoms with Crippen LogP contribution in [0.3, 0.4) is 0 Å². The van der Waals surface area contributed by atoms with Crippen LogP contribution in [0.5, 0.6) is 5.75 Å². The summed E-state index contributed by atoms with van der Waals surface area (Å²) in [5.41, 5.74) is 5.17. The fraction of sp³-hybridized carbons (Fsp3) is 0.238. The van der Waals surface area contributed by atoms with Gasteiger partial charge in [-0.2, -0.15) is 5.10 Å². The second-order valence-electron chi connectivity index (χ2n) is 6.51. The van der Waals surface area contributed by atoms with E-state index in [1.165, 1.54) is 35.4 Å². The predicted molar refractivity (Wildman–Crippen MR) is 118 cm³/mol. The Bertz CT molecular complexity index is 1100. The molecule has 0 aliphatic carbocycles. The molecule has 1 aromatic carbocycles. The van der Waals surface area contributed by atoms with Crippen LogP contribution in [0.1, 0.15) is 44.2 Å². The van der Waals surface area contributed by atoms with Gasteiger partial charge in [-0.25, -0.2) is 24.2 Å². The van der Waals surface area contributed by atoms with E-state index in [2.05, 4.69) is 20.5 Å². The maximum Gasteiger partial charge on any atom is 0.281 e. The van der Waals surface area contributed by atoms with Gasteiger partial charge in [0, 0.05) is 17.0 Å². The number of halogens is 2. The summed E-state index contributed by atoms with van der Waals surface area (Å²) in [6.45, 7) is 3.52. The van der Waals surface area contributed by atoms with E-state index < -0.39 is 6.43 Å². The molecule has 0 saturated carbocycles. The van der Waals surface area contributed by atoms with Gasteiger partial charge in [-0.15, -0.1) is 11.3 Å². The fourth-order valence-electron chi connectivity index (χ4n) is 2.70. The van der Waals surface area contributed by atoms with Crippen LogP contribution in [0.25, 0.3) is 0 Å². The first-order valence-corrected chi connectivity index (χ1v) is 11.0. The molecule has 0 bridgehead atoms. The van der Waals surface area contributed by atoms with Crippen molar-refractivity contribution in [2.24, 2.45) is 5.10 Å². The van der Waals surface area contributed by atoms with Crippen LogP contribution in [-0.2, 0) is 5.75 Å². The number of rotatable bonds is 8. The van der Waals surface area contributed by atoms with Crippen LogP contribution >= 0.6 is 23.1 Å². The van der Waals surface area contributed by atoms with E-state index in [0.717, 1.165) is 16.7 Å². The standard InChI is InChI=1S/C21H20F2N4O2S2/c1-12-6-7-30-18(12)20(28)27-24-10-14-4-5-17(29-3)15(9-14)11-31-21-25-13(2)8-16(26-21)19(22)23/h4-10,19H,11H2,1-3H3,(H,27,28)/b24-10-. The number of hydrogen-bond donors (Lipinski definition) is 1. The second kappa shape index (κ2) is 10.5. The molecule has 0 spiro atoms. The van der Waals surface area contributed by atoms with E-state index in [-0.39, 0.29) is 16.8 Å². The van der Waals surface area contributed by atoms with Crippen molar-refractivity contribution < 1.29 is 18.3 Å². The lowest BCUT2D eigenvalue weighted by atomic mass is 10.1. The molecule has 3 aromatic rings. The molecule has 0 radical (unpaired) electrons. The van der Waals surface area contributed by atoms with Crippen molar-refractivity contribution in [2.45, 2.75) is 31.2 Å². The van der Waals surface area contributed by atoms with Gasteiger partial charge >= 0.3 is 0 Å². The second-order valence-corrected chi connectivity index (χ2v) is 8.37. The molecule has 0 aliphatic heterocycles. The number of carbonyl (C=O) groups excluding carboxylic acids is 1. The molecule has 3 rings (SSSR count). The largest absolute Gasteiger partial charge is 0.496 e. The Hall–Kier alpha value is -2.85. The summed E-state index contributed by atoms with van der Waals surface area (Å²) in [6, 6.07) is 8.58. The third-order valence-electron chi connectivity index (χ3n) is 4.19. The lowest BCUT2D eigenvalue weighted by Gasteiger charge is -2.10. The molecule has 6 nitrogen and oxygen atoms in total. The highest BCUT2D eigenvalue weighted by molar-refractivity contribution is 7.98. The molecule has 0 fully saturated rings. The smallest absolute Gasteiger partial charge is 0.281 e. The van der Waals surface area contributed by atoms with E-state index in [9.17, 15) is 13.6 Å². The maximum atomic E-state index is 13.0. The van der Waals surface area contributed by atoms with Crippen LogP contribution in [0, 0.1) is 13.8 Å². The Balaban J connectivity index is 1.70. The average molecular weight is 463 g/mol. The molecule has 31 heavy (non-hydrogen) atoms. The Morgan fingerprint density at radius 2 is 2.10 bits per heavy atom. The molecular weight excluding hydrogens is 442 g/mol. The fourth-order valence-corrected chi connectivity index (χ4v) is 4.40. The minimum absolute atomic E-state index is 0.264. The van der Waals surface area contributed by atoms with Crippen LogP contribution < -0.4 is 10.2 Å². The third-order valence-corrected chi connectivity index (χ3v) is 6.10. The van der Waals surface area contributed by atoms with Crippen molar-refractivity contribution in [1.82, 2.24) is 15.4 Å². The van der Waals surface area contributed by atoms with E-state index in [4.69, 9.17) is 4.74 Å². The van der Waals surface area contributed by atoms with Crippen molar-refractivity contribution in [3.8, 4) is 5.75 Å². The molecular formula is C21H20F2N4O2S2. The first-order chi connectivity index (χ1) is 14.9. The van der Waals surface area contributed by atoms with Gasteiger partial charge in [0.15, 0.2) is 5.16 Å². The minimum Gasteiger partial charge on any atom is -0.496 e. The highest BCUT2D eigenvalue weighted by Crippen LogP contribution is 2.28. The molecule has 1 N–H and O–H groups in total. The molecule has 10 heteroatoms. The molecule has 2 heterocycles. The minimum atomic E-state index is -2.65. The van der Waals surface area contributed by atoms with Gasteiger partial charge in [-0.1, -0.05) is 11.8 Å². The quantitative estimate of drug-likeness (QED) is 0.217. The van der Waals surface area contributed by atoms with Crippen molar-refractivity contribution in [1.29, 1.82) is 0 Å². The zero-order valence-corrected chi connectivity index (χ0v) is 18.7. The molecule has 162 valence electrons. The topological polar surface area (TPSA) is 76.5 Å². The Kier molecular flexibility index (Phi) is 7.69. The molecule has 0 saturated heterocycles. The lowest BCUT2D eigenvalue weighted by Crippen LogP contribution is -2.17. The summed E-state index contributed by atoms with van der Waals surface area (Å²) in [5, 5.41) is 6.15. The highest BCUT2D eigenvalue weighted by Gasteiger charge is 2.13. The number of nitrogens with zero attached hydrogens (tertiary/aromatic N) is 3. The van der Waals surface area contributed by atoms with Gasteiger partial charge in [-0.05, 0) is 60.7 Å². The number of alkyl halides is 2. The van der Waals surface area contributed by atoms with Gasteiger partial charge in [0.25, 0.3) is 12.3 Å². The van der Waals surface area contributed by atoms with Crippen LogP contribution in [0.4, 0.5) is 8.78 Å². The lowest BCUT2D eigenvalue weighted by molar-refractivity contribution is 0.0958. The van der Waals surface area contributed by atoms with Crippen LogP contribution in [0.2, 0.25) is 0 Å². The number of hydrogen-bond acceptors (Lipinski definition) is 7. The Morgan fingerprint density at radius 1 is 1.29 bits per heavy atom. The number of nitrogens with one attached hydrogen (secondary N) is 1. The summed E-state index contributed by atoms with van der Waals surface area (Å²) in [4.78, 5) is 20.9. The van der Waals surface area contributed by atoms with E-state index in [1.807, 2.05) is 24.4 Å². The number of hydrazone groups is 1. The monoisotopic (exact) mass is 462 g/mol. The number of thioether (sulfide) groups is 1. The van der Waals surface area contributed by atoms with Crippen LogP contribution in [-0.4, -0.2) is 29.2 Å². The zero-order valence-electron chi connectivity index (χ0n) is 17.1. The summed E-state index contributed by atoms with van der Waals surface area (Å²) >= 11 is 2.59. The Labute approximate surface area is 186 Å². The number of aryl methyl sites for hydroxylation is 2. The van der Waals surface area contributed by atoms with E-state index >= 15 is 0 Å². The van der Waals surface area contributed by atoms with Gasteiger partial charge in [0.05, 0.1) is 18.2 Å². The maximum absolute atomic E-state index is 13.0. The number of amides is 1. The number of ether oxygens (including phenoxy) is 1. The van der Waals surface area contributed by atoms with Gasteiger partial charge in [0.2, 0.25) is 0 Å². The predicted octanol–water partition coefficient (Wildman–Crippen LogP) is 5.16. The molecule has 1 amide bonds. The normalized spacial score (nSPS) is 11.3. The van der Waals surface area contributed by atoms with Crippen molar-refractivity contribution in [2.75, 3.05) is 7.11 Å². The van der Waals surface area contributed by atoms with Crippen LogP contribution in [0.15, 0.2) is 46.0 Å². The van der Waals surface area contributed by atoms with E-state index in [1.54, 1.807) is 26.2 Å². The molecule has 0 atom stereocenters. The first-order valence-electron chi connectivity index (χ1n) is 9.18. The van der Waals surface area contributed by atoms with Crippen molar-refractivity contribution in [3.05, 3.63) is 68.7 Å². The summed E-state index contributed by atoms with van der Waals surface area (Å²) in [7, 11) is 1.55. The third kappa shape index (κ3) is 6.08. The number of aromatic nitrogens is 2. The number of carbonyl (C=O) groups is 1. The molecule has 0 aliphatic rings. The van der Waals surface area contributed by atoms with Crippen molar-refractivity contribution in [3.63, 3.8) is 0 Å². The first kappa shape index (κ1) is 22.8. The number of benzene rings is 1. The highest BCUT2D eigenvalue weighted by atomic mass is 32.2. The number of methoxy groups -OCH3 is 1. The van der Waals surface area contributed by atoms with Gasteiger partial charge in [-0.3, -0.25) is 4.79 Å². The molecule has 0 unspecified atom stereocenters. The zero-order chi connectivity index (χ0) is 22.4. The summed E-state index contributed by atoms with van der Waals surface area (Å²) in [6.07, 6.45) is -1.12. The van der Waals surface area contributed by atoms with E-state index in [0.29, 0.717) is 22.1 Å². The Morgan fingerprint density at radius 3 is 2.77 bits per heavy atom. The van der Waals surface area contributed by atoms with Crippen molar-refractivity contribution >= 4 is 35.2 Å². The summed E-state index contributed by atoms with van der Waals surface area (Å²) < 4.78 is 31.4. The molecule has 2 aromatic heterocycles. The average Bonchev–Trinajstić information content (AvgIpc) is 3.18. The van der Waals surface area contributed by atoms with Gasteiger partial charge < -0.3 is 4.74 Å². The SMILES string of the molecule is COc1ccc(/C=N\NC(=O)c2sccc2C)cc1CSc1nc(C)cc(C(F)F)n1. The van der Waals surface area contributed by atoms with Gasteiger partial charge in [0.1, 0.15) is 11.4 Å². The summed E-state index contributed by atoms with van der Waals surface area (Å²) in [5.74, 6) is 0.793. The number of thiophene rings is 1.